The Hall–Kier alpha value is -1.12. The molecule has 21 heavy (non-hydrogen) atoms. The van der Waals surface area contributed by atoms with Crippen LogP contribution < -0.4 is 5.32 Å². The molecule has 0 saturated carbocycles. The number of alkyl halides is 3. The van der Waals surface area contributed by atoms with Crippen LogP contribution in [0, 0.1) is 0 Å². The highest BCUT2D eigenvalue weighted by molar-refractivity contribution is 7.89. The van der Waals surface area contributed by atoms with Gasteiger partial charge >= 0.3 is 6.18 Å². The van der Waals surface area contributed by atoms with Crippen molar-refractivity contribution in [2.24, 2.45) is 0 Å². The van der Waals surface area contributed by atoms with Crippen molar-refractivity contribution in [3.05, 3.63) is 35.9 Å². The summed E-state index contributed by atoms with van der Waals surface area (Å²) in [6.07, 6.45) is -5.79. The quantitative estimate of drug-likeness (QED) is 0.921. The number of nitrogens with one attached hydrogen (secondary N) is 1. The second-order valence-corrected chi connectivity index (χ2v) is 6.96. The smallest absolute Gasteiger partial charge is 0.313 e. The molecule has 2 rings (SSSR count). The Balaban J connectivity index is 2.18. The van der Waals surface area contributed by atoms with Crippen LogP contribution in [-0.4, -0.2) is 44.3 Å². The third-order valence-corrected chi connectivity index (χ3v) is 5.25. The van der Waals surface area contributed by atoms with Crippen molar-refractivity contribution >= 4 is 10.0 Å². The summed E-state index contributed by atoms with van der Waals surface area (Å²) >= 11 is 0. The molecule has 1 saturated heterocycles. The molecule has 0 radical (unpaired) electrons. The normalized spacial score (nSPS) is 21.4. The average Bonchev–Trinajstić information content (AvgIpc) is 2.46. The second-order valence-electron chi connectivity index (χ2n) is 4.92. The van der Waals surface area contributed by atoms with E-state index in [1.54, 1.807) is 24.3 Å². The van der Waals surface area contributed by atoms with Gasteiger partial charge in [-0.2, -0.15) is 17.5 Å². The summed E-state index contributed by atoms with van der Waals surface area (Å²) < 4.78 is 62.4. The van der Waals surface area contributed by atoms with E-state index in [0.717, 1.165) is 5.56 Å². The lowest BCUT2D eigenvalue weighted by Gasteiger charge is -2.35. The zero-order valence-electron chi connectivity index (χ0n) is 11.3. The monoisotopic (exact) mass is 322 g/mol. The van der Waals surface area contributed by atoms with E-state index in [1.807, 2.05) is 6.07 Å². The molecule has 1 aliphatic heterocycles. The van der Waals surface area contributed by atoms with Gasteiger partial charge in [0, 0.05) is 19.6 Å². The molecule has 1 heterocycles. The number of hydrogen-bond donors (Lipinski definition) is 1. The molecule has 0 aliphatic carbocycles. The number of nitrogens with zero attached hydrogens (tertiary/aromatic N) is 1. The van der Waals surface area contributed by atoms with Crippen LogP contribution in [0.25, 0.3) is 0 Å². The molecule has 1 atom stereocenters. The fraction of sp³-hybridized carbons (Fsp3) is 0.538. The standard InChI is InChI=1S/C13H17F3N2O2S/c14-13(15,16)6-9-21(19,20)18-8-7-17-10-12(18)11-4-2-1-3-5-11/h1-5,12,17H,6-10H2. The van der Waals surface area contributed by atoms with Crippen LogP contribution in [-0.2, 0) is 10.0 Å². The van der Waals surface area contributed by atoms with E-state index >= 15 is 0 Å². The fourth-order valence-electron chi connectivity index (χ4n) is 2.34. The first kappa shape index (κ1) is 16.3. The van der Waals surface area contributed by atoms with Gasteiger partial charge in [-0.1, -0.05) is 30.3 Å². The maximum Gasteiger partial charge on any atom is 0.390 e. The summed E-state index contributed by atoms with van der Waals surface area (Å²) in [5.41, 5.74) is 0.778. The van der Waals surface area contributed by atoms with Crippen LogP contribution in [0.1, 0.15) is 18.0 Å². The molecule has 1 unspecified atom stereocenters. The van der Waals surface area contributed by atoms with Crippen molar-refractivity contribution < 1.29 is 21.6 Å². The number of sulfonamides is 1. The number of hydrogen-bond acceptors (Lipinski definition) is 3. The summed E-state index contributed by atoms with van der Waals surface area (Å²) in [6.45, 7) is 1.02. The first-order valence-corrected chi connectivity index (χ1v) is 8.22. The van der Waals surface area contributed by atoms with E-state index in [-0.39, 0.29) is 6.54 Å². The molecule has 1 aliphatic rings. The van der Waals surface area contributed by atoms with Gasteiger partial charge in [-0.25, -0.2) is 8.42 Å². The second kappa shape index (κ2) is 6.33. The summed E-state index contributed by atoms with van der Waals surface area (Å²) in [5.74, 6) is -0.903. The van der Waals surface area contributed by atoms with E-state index in [1.165, 1.54) is 4.31 Å². The molecule has 118 valence electrons. The first-order chi connectivity index (χ1) is 9.80. The lowest BCUT2D eigenvalue weighted by molar-refractivity contribution is -0.130. The molecular weight excluding hydrogens is 305 g/mol. The van der Waals surface area contributed by atoms with Gasteiger partial charge in [0.05, 0.1) is 18.2 Å². The Morgan fingerprint density at radius 3 is 2.52 bits per heavy atom. The van der Waals surface area contributed by atoms with Crippen LogP contribution in [0.5, 0.6) is 0 Å². The number of rotatable bonds is 4. The SMILES string of the molecule is O=S(=O)(CCC(F)(F)F)N1CCNCC1c1ccccc1. The number of benzene rings is 1. The van der Waals surface area contributed by atoms with Crippen molar-refractivity contribution in [2.75, 3.05) is 25.4 Å². The summed E-state index contributed by atoms with van der Waals surface area (Å²) in [4.78, 5) is 0. The molecule has 1 N–H and O–H groups in total. The predicted octanol–water partition coefficient (Wildman–Crippen LogP) is 1.92. The highest BCUT2D eigenvalue weighted by Gasteiger charge is 2.36. The first-order valence-electron chi connectivity index (χ1n) is 6.61. The van der Waals surface area contributed by atoms with Crippen molar-refractivity contribution in [3.63, 3.8) is 0 Å². The van der Waals surface area contributed by atoms with Gasteiger partial charge in [-0.05, 0) is 5.56 Å². The topological polar surface area (TPSA) is 49.4 Å². The van der Waals surface area contributed by atoms with Crippen molar-refractivity contribution in [3.8, 4) is 0 Å². The molecule has 0 amide bonds. The predicted molar refractivity (Wildman–Crippen MR) is 73.2 cm³/mol. The van der Waals surface area contributed by atoms with Gasteiger partial charge in [0.15, 0.2) is 0 Å². The van der Waals surface area contributed by atoms with Gasteiger partial charge in [0.2, 0.25) is 10.0 Å². The van der Waals surface area contributed by atoms with Crippen LogP contribution in [0.2, 0.25) is 0 Å². The highest BCUT2D eigenvalue weighted by atomic mass is 32.2. The van der Waals surface area contributed by atoms with Crippen molar-refractivity contribution in [1.82, 2.24) is 9.62 Å². The number of halogens is 3. The summed E-state index contributed by atoms with van der Waals surface area (Å²) in [5, 5.41) is 3.08. The molecule has 4 nitrogen and oxygen atoms in total. The maximum atomic E-state index is 12.3. The maximum absolute atomic E-state index is 12.3. The molecule has 0 spiro atoms. The van der Waals surface area contributed by atoms with Gasteiger partial charge in [-0.3, -0.25) is 0 Å². The Bertz CT molecular complexity index is 561. The van der Waals surface area contributed by atoms with E-state index in [0.29, 0.717) is 13.1 Å². The van der Waals surface area contributed by atoms with Gasteiger partial charge < -0.3 is 5.32 Å². The minimum Gasteiger partial charge on any atom is -0.313 e. The zero-order valence-corrected chi connectivity index (χ0v) is 12.1. The highest BCUT2D eigenvalue weighted by Crippen LogP contribution is 2.27. The molecular formula is C13H17F3N2O2S. The molecule has 1 aromatic rings. The molecule has 1 fully saturated rings. The third kappa shape index (κ3) is 4.42. The van der Waals surface area contributed by atoms with Crippen LogP contribution in [0.15, 0.2) is 30.3 Å². The summed E-state index contributed by atoms with van der Waals surface area (Å²) in [7, 11) is -3.94. The molecule has 8 heteroatoms. The fourth-order valence-corrected chi connectivity index (χ4v) is 4.02. The zero-order chi connectivity index (χ0) is 15.5. The lowest BCUT2D eigenvalue weighted by Crippen LogP contribution is -2.49. The Labute approximate surface area is 122 Å². The Morgan fingerprint density at radius 2 is 1.90 bits per heavy atom. The van der Waals surface area contributed by atoms with E-state index in [4.69, 9.17) is 0 Å². The third-order valence-electron chi connectivity index (χ3n) is 3.38. The van der Waals surface area contributed by atoms with E-state index in [9.17, 15) is 21.6 Å². The average molecular weight is 322 g/mol. The van der Waals surface area contributed by atoms with Crippen LogP contribution >= 0.6 is 0 Å². The minimum atomic E-state index is -4.47. The largest absolute Gasteiger partial charge is 0.390 e. The van der Waals surface area contributed by atoms with Crippen LogP contribution in [0.4, 0.5) is 13.2 Å². The van der Waals surface area contributed by atoms with Crippen molar-refractivity contribution in [1.29, 1.82) is 0 Å². The van der Waals surface area contributed by atoms with E-state index in [2.05, 4.69) is 5.32 Å². The molecule has 1 aromatic carbocycles. The Kier molecular flexibility index (Phi) is 4.90. The minimum absolute atomic E-state index is 0.180. The van der Waals surface area contributed by atoms with E-state index < -0.39 is 34.4 Å². The van der Waals surface area contributed by atoms with Gasteiger partial charge in [0.1, 0.15) is 0 Å². The van der Waals surface area contributed by atoms with Gasteiger partial charge in [-0.15, -0.1) is 0 Å². The molecule has 0 aromatic heterocycles. The Morgan fingerprint density at radius 1 is 1.24 bits per heavy atom. The van der Waals surface area contributed by atoms with Crippen LogP contribution in [0.3, 0.4) is 0 Å². The molecule has 0 bridgehead atoms. The van der Waals surface area contributed by atoms with Gasteiger partial charge in [0.25, 0.3) is 0 Å². The van der Waals surface area contributed by atoms with Crippen molar-refractivity contribution in [2.45, 2.75) is 18.6 Å². The lowest BCUT2D eigenvalue weighted by atomic mass is 10.1. The number of piperazine rings is 1. The summed E-state index contributed by atoms with van der Waals surface area (Å²) in [6, 6.07) is 8.48.